The van der Waals surface area contributed by atoms with Crippen molar-refractivity contribution in [1.29, 1.82) is 0 Å². The molecule has 1 heterocycles. The average molecular weight is 278 g/mol. The van der Waals surface area contributed by atoms with E-state index < -0.39 is 0 Å². The summed E-state index contributed by atoms with van der Waals surface area (Å²) in [4.78, 5) is 23.7. The molecular formula is C13H11FN2O2S. The number of benzene rings is 1. The molecule has 0 radical (unpaired) electrons. The molecule has 1 aromatic heterocycles. The van der Waals surface area contributed by atoms with E-state index in [4.69, 9.17) is 0 Å². The van der Waals surface area contributed by atoms with Crippen LogP contribution in [0.4, 0.5) is 10.1 Å². The fourth-order valence-electron chi connectivity index (χ4n) is 1.39. The third-order valence-corrected chi connectivity index (χ3v) is 3.15. The van der Waals surface area contributed by atoms with Gasteiger partial charge < -0.3 is 10.6 Å². The largest absolute Gasteiger partial charge is 0.342 e. The average Bonchev–Trinajstić information content (AvgIpc) is 2.93. The summed E-state index contributed by atoms with van der Waals surface area (Å²) >= 11 is 1.30. The Morgan fingerprint density at radius 2 is 1.89 bits per heavy atom. The third kappa shape index (κ3) is 3.89. The molecule has 0 aliphatic heterocycles. The number of hydrogen-bond donors (Lipinski definition) is 2. The Morgan fingerprint density at radius 1 is 1.16 bits per heavy atom. The first-order chi connectivity index (χ1) is 9.15. The van der Waals surface area contributed by atoms with Crippen molar-refractivity contribution in [3.05, 3.63) is 52.5 Å². The molecule has 0 unspecified atom stereocenters. The van der Waals surface area contributed by atoms with Gasteiger partial charge in [0.15, 0.2) is 0 Å². The van der Waals surface area contributed by atoms with Crippen LogP contribution < -0.4 is 10.6 Å². The zero-order chi connectivity index (χ0) is 13.7. The molecule has 98 valence electrons. The van der Waals surface area contributed by atoms with E-state index in [1.165, 1.54) is 35.6 Å². The number of nitrogens with one attached hydrogen (secondary N) is 2. The predicted octanol–water partition coefficient (Wildman–Crippen LogP) is 2.26. The van der Waals surface area contributed by atoms with E-state index >= 15 is 0 Å². The molecule has 0 fully saturated rings. The minimum absolute atomic E-state index is 0.131. The summed E-state index contributed by atoms with van der Waals surface area (Å²) in [5.74, 6) is -1.02. The zero-order valence-corrected chi connectivity index (χ0v) is 10.7. The SMILES string of the molecule is O=C(CNC(=O)c1cccs1)Nc1ccc(F)cc1. The van der Waals surface area contributed by atoms with Crippen LogP contribution in [0.25, 0.3) is 0 Å². The first-order valence-corrected chi connectivity index (χ1v) is 6.40. The van der Waals surface area contributed by atoms with Gasteiger partial charge in [-0.3, -0.25) is 9.59 Å². The van der Waals surface area contributed by atoms with Gasteiger partial charge in [0.05, 0.1) is 11.4 Å². The second-order valence-electron chi connectivity index (χ2n) is 3.72. The maximum Gasteiger partial charge on any atom is 0.261 e. The van der Waals surface area contributed by atoms with Crippen LogP contribution >= 0.6 is 11.3 Å². The molecular weight excluding hydrogens is 267 g/mol. The number of halogens is 1. The van der Waals surface area contributed by atoms with Crippen molar-refractivity contribution in [3.8, 4) is 0 Å². The molecule has 19 heavy (non-hydrogen) atoms. The number of carbonyl (C=O) groups excluding carboxylic acids is 2. The van der Waals surface area contributed by atoms with Crippen molar-refractivity contribution in [2.45, 2.75) is 0 Å². The van der Waals surface area contributed by atoms with Crippen LogP contribution in [0.15, 0.2) is 41.8 Å². The molecule has 2 rings (SSSR count). The molecule has 0 atom stereocenters. The zero-order valence-electron chi connectivity index (χ0n) is 9.85. The molecule has 0 spiro atoms. The van der Waals surface area contributed by atoms with E-state index in [9.17, 15) is 14.0 Å². The molecule has 4 nitrogen and oxygen atoms in total. The summed E-state index contributed by atoms with van der Waals surface area (Å²) in [6, 6.07) is 8.85. The molecule has 1 aromatic carbocycles. The molecule has 0 saturated heterocycles. The highest BCUT2D eigenvalue weighted by Crippen LogP contribution is 2.09. The maximum atomic E-state index is 12.7. The Balaban J connectivity index is 1.82. The summed E-state index contributed by atoms with van der Waals surface area (Å²) < 4.78 is 12.7. The number of anilines is 1. The monoisotopic (exact) mass is 278 g/mol. The van der Waals surface area contributed by atoms with E-state index in [0.29, 0.717) is 10.6 Å². The van der Waals surface area contributed by atoms with Gasteiger partial charge in [-0.05, 0) is 35.7 Å². The van der Waals surface area contributed by atoms with Crippen molar-refractivity contribution >= 4 is 28.8 Å². The topological polar surface area (TPSA) is 58.2 Å². The first kappa shape index (κ1) is 13.2. The lowest BCUT2D eigenvalue weighted by atomic mass is 10.3. The third-order valence-electron chi connectivity index (χ3n) is 2.28. The Bertz CT molecular complexity index is 567. The lowest BCUT2D eigenvalue weighted by Gasteiger charge is -2.06. The van der Waals surface area contributed by atoms with Gasteiger partial charge in [0.1, 0.15) is 5.82 Å². The Hall–Kier alpha value is -2.21. The van der Waals surface area contributed by atoms with Gasteiger partial charge in [-0.15, -0.1) is 11.3 Å². The van der Waals surface area contributed by atoms with Gasteiger partial charge in [-0.25, -0.2) is 4.39 Å². The molecule has 0 aliphatic carbocycles. The highest BCUT2D eigenvalue weighted by molar-refractivity contribution is 7.12. The number of rotatable bonds is 4. The number of carbonyl (C=O) groups is 2. The van der Waals surface area contributed by atoms with Crippen molar-refractivity contribution in [2.75, 3.05) is 11.9 Å². The van der Waals surface area contributed by atoms with Crippen LogP contribution in [-0.4, -0.2) is 18.4 Å². The van der Waals surface area contributed by atoms with Crippen LogP contribution in [0.2, 0.25) is 0 Å². The summed E-state index contributed by atoms with van der Waals surface area (Å²) in [6.07, 6.45) is 0. The first-order valence-electron chi connectivity index (χ1n) is 5.52. The van der Waals surface area contributed by atoms with E-state index in [-0.39, 0.29) is 24.2 Å². The minimum atomic E-state index is -0.371. The van der Waals surface area contributed by atoms with Crippen molar-refractivity contribution in [2.24, 2.45) is 0 Å². The van der Waals surface area contributed by atoms with Gasteiger partial charge in [-0.1, -0.05) is 6.07 Å². The lowest BCUT2D eigenvalue weighted by molar-refractivity contribution is -0.115. The number of hydrogen-bond acceptors (Lipinski definition) is 3. The van der Waals surface area contributed by atoms with Crippen molar-refractivity contribution in [3.63, 3.8) is 0 Å². The number of thiophene rings is 1. The molecule has 2 amide bonds. The lowest BCUT2D eigenvalue weighted by Crippen LogP contribution is -2.32. The van der Waals surface area contributed by atoms with Crippen molar-refractivity contribution in [1.82, 2.24) is 5.32 Å². The van der Waals surface area contributed by atoms with Crippen LogP contribution in [0.1, 0.15) is 9.67 Å². The van der Waals surface area contributed by atoms with Gasteiger partial charge in [0, 0.05) is 5.69 Å². The summed E-state index contributed by atoms with van der Waals surface area (Å²) in [5.41, 5.74) is 0.483. The van der Waals surface area contributed by atoms with Gasteiger partial charge >= 0.3 is 0 Å². The second-order valence-corrected chi connectivity index (χ2v) is 4.66. The van der Waals surface area contributed by atoms with E-state index in [0.717, 1.165) is 0 Å². The quantitative estimate of drug-likeness (QED) is 0.901. The second kappa shape index (κ2) is 6.10. The van der Waals surface area contributed by atoms with Gasteiger partial charge in [0.25, 0.3) is 5.91 Å². The molecule has 0 saturated carbocycles. The Morgan fingerprint density at radius 3 is 2.53 bits per heavy atom. The number of amides is 2. The fourth-order valence-corrected chi connectivity index (χ4v) is 2.03. The van der Waals surface area contributed by atoms with Crippen LogP contribution in [0.3, 0.4) is 0 Å². The Labute approximate surface area is 113 Å². The van der Waals surface area contributed by atoms with E-state index in [1.54, 1.807) is 17.5 Å². The Kier molecular flexibility index (Phi) is 4.25. The van der Waals surface area contributed by atoms with Crippen LogP contribution in [0, 0.1) is 5.82 Å². The normalized spacial score (nSPS) is 9.95. The summed E-state index contributed by atoms with van der Waals surface area (Å²) in [5, 5.41) is 6.84. The molecule has 0 aliphatic rings. The maximum absolute atomic E-state index is 12.7. The highest BCUT2D eigenvalue weighted by Gasteiger charge is 2.08. The minimum Gasteiger partial charge on any atom is -0.342 e. The van der Waals surface area contributed by atoms with Crippen molar-refractivity contribution < 1.29 is 14.0 Å². The molecule has 2 aromatic rings. The molecule has 6 heteroatoms. The van der Waals surface area contributed by atoms with Gasteiger partial charge in [-0.2, -0.15) is 0 Å². The van der Waals surface area contributed by atoms with E-state index in [1.807, 2.05) is 0 Å². The smallest absolute Gasteiger partial charge is 0.261 e. The van der Waals surface area contributed by atoms with Crippen LogP contribution in [-0.2, 0) is 4.79 Å². The summed E-state index contributed by atoms with van der Waals surface area (Å²) in [6.45, 7) is -0.131. The van der Waals surface area contributed by atoms with Crippen LogP contribution in [0.5, 0.6) is 0 Å². The molecule has 2 N–H and O–H groups in total. The summed E-state index contributed by atoms with van der Waals surface area (Å²) in [7, 11) is 0. The fraction of sp³-hybridized carbons (Fsp3) is 0.0769. The standard InChI is InChI=1S/C13H11FN2O2S/c14-9-3-5-10(6-4-9)16-12(17)8-15-13(18)11-2-1-7-19-11/h1-7H,8H2,(H,15,18)(H,16,17). The van der Waals surface area contributed by atoms with E-state index in [2.05, 4.69) is 10.6 Å². The highest BCUT2D eigenvalue weighted by atomic mass is 32.1. The molecule has 0 bridgehead atoms. The van der Waals surface area contributed by atoms with Gasteiger partial charge in [0.2, 0.25) is 5.91 Å². The predicted molar refractivity (Wildman–Crippen MR) is 71.7 cm³/mol.